The average molecular weight is 263 g/mol. The molecule has 0 heterocycles. The van der Waals surface area contributed by atoms with E-state index < -0.39 is 18.6 Å². The highest BCUT2D eigenvalue weighted by Crippen LogP contribution is 2.09. The maximum absolute atomic E-state index is 11.4. The van der Waals surface area contributed by atoms with Crippen molar-refractivity contribution >= 4 is 17.7 Å². The molecule has 0 fully saturated rings. The van der Waals surface area contributed by atoms with Gasteiger partial charge in [0.2, 0.25) is 0 Å². The summed E-state index contributed by atoms with van der Waals surface area (Å²) in [6.45, 7) is -0.0947. The SMILES string of the molecule is N#Cc1cccc(NC(=O)NCCOCC(=O)O)c1. The van der Waals surface area contributed by atoms with Crippen molar-refractivity contribution < 1.29 is 19.4 Å². The summed E-state index contributed by atoms with van der Waals surface area (Å²) in [4.78, 5) is 21.6. The topological polar surface area (TPSA) is 111 Å². The van der Waals surface area contributed by atoms with Crippen molar-refractivity contribution in [1.82, 2.24) is 5.32 Å². The summed E-state index contributed by atoms with van der Waals surface area (Å²) >= 11 is 0. The molecule has 0 saturated heterocycles. The third-order valence-electron chi connectivity index (χ3n) is 2.01. The number of nitriles is 1. The monoisotopic (exact) mass is 263 g/mol. The second kappa shape index (κ2) is 7.68. The Balaban J connectivity index is 2.27. The Morgan fingerprint density at radius 3 is 2.89 bits per heavy atom. The quantitative estimate of drug-likeness (QED) is 0.657. The van der Waals surface area contributed by atoms with Crippen molar-refractivity contribution in [3.63, 3.8) is 0 Å². The number of carbonyl (C=O) groups is 2. The first-order chi connectivity index (χ1) is 9.11. The average Bonchev–Trinajstić information content (AvgIpc) is 2.38. The van der Waals surface area contributed by atoms with Crippen LogP contribution in [0.4, 0.5) is 10.5 Å². The highest BCUT2D eigenvalue weighted by atomic mass is 16.5. The molecular formula is C12H13N3O4. The minimum absolute atomic E-state index is 0.109. The van der Waals surface area contributed by atoms with Crippen molar-refractivity contribution in [3.8, 4) is 6.07 Å². The molecule has 0 atom stereocenters. The van der Waals surface area contributed by atoms with Gasteiger partial charge in [0.15, 0.2) is 0 Å². The van der Waals surface area contributed by atoms with E-state index in [9.17, 15) is 9.59 Å². The van der Waals surface area contributed by atoms with E-state index in [-0.39, 0.29) is 13.2 Å². The van der Waals surface area contributed by atoms with Gasteiger partial charge >= 0.3 is 12.0 Å². The molecule has 1 aromatic carbocycles. The number of rotatable bonds is 6. The van der Waals surface area contributed by atoms with E-state index in [1.165, 1.54) is 0 Å². The van der Waals surface area contributed by atoms with Gasteiger partial charge in [-0.3, -0.25) is 0 Å². The summed E-state index contributed by atoms with van der Waals surface area (Å²) in [7, 11) is 0. The van der Waals surface area contributed by atoms with Crippen LogP contribution in [0, 0.1) is 11.3 Å². The van der Waals surface area contributed by atoms with Gasteiger partial charge in [0, 0.05) is 12.2 Å². The molecule has 2 amide bonds. The van der Waals surface area contributed by atoms with Gasteiger partial charge in [-0.15, -0.1) is 0 Å². The number of anilines is 1. The number of benzene rings is 1. The largest absolute Gasteiger partial charge is 0.480 e. The van der Waals surface area contributed by atoms with E-state index in [0.717, 1.165) is 0 Å². The fourth-order valence-corrected chi connectivity index (χ4v) is 1.24. The number of hydrogen-bond donors (Lipinski definition) is 3. The number of aliphatic carboxylic acids is 1. The predicted molar refractivity (Wildman–Crippen MR) is 66.6 cm³/mol. The van der Waals surface area contributed by atoms with Gasteiger partial charge in [-0.25, -0.2) is 9.59 Å². The Labute approximate surface area is 109 Å². The van der Waals surface area contributed by atoms with Crippen LogP contribution in [0.3, 0.4) is 0 Å². The molecule has 100 valence electrons. The first-order valence-corrected chi connectivity index (χ1v) is 5.46. The van der Waals surface area contributed by atoms with Gasteiger partial charge in [-0.05, 0) is 18.2 Å². The maximum Gasteiger partial charge on any atom is 0.329 e. The van der Waals surface area contributed by atoms with Gasteiger partial charge in [0.25, 0.3) is 0 Å². The molecular weight excluding hydrogens is 250 g/mol. The van der Waals surface area contributed by atoms with Crippen LogP contribution in [0.2, 0.25) is 0 Å². The van der Waals surface area contributed by atoms with Gasteiger partial charge in [-0.1, -0.05) is 6.07 Å². The third kappa shape index (κ3) is 6.05. The van der Waals surface area contributed by atoms with Crippen LogP contribution in [0.1, 0.15) is 5.56 Å². The first kappa shape index (κ1) is 14.5. The number of amides is 2. The summed E-state index contributed by atoms with van der Waals surface area (Å²) < 4.78 is 4.75. The summed E-state index contributed by atoms with van der Waals surface area (Å²) in [5, 5.41) is 22.0. The van der Waals surface area contributed by atoms with E-state index in [2.05, 4.69) is 10.6 Å². The Kier molecular flexibility index (Phi) is 5.85. The lowest BCUT2D eigenvalue weighted by Crippen LogP contribution is -2.32. The first-order valence-electron chi connectivity index (χ1n) is 5.46. The number of nitrogens with zero attached hydrogens (tertiary/aromatic N) is 1. The molecule has 19 heavy (non-hydrogen) atoms. The molecule has 0 unspecified atom stereocenters. The highest BCUT2D eigenvalue weighted by molar-refractivity contribution is 5.89. The van der Waals surface area contributed by atoms with Crippen LogP contribution < -0.4 is 10.6 Å². The minimum atomic E-state index is -1.06. The molecule has 0 aliphatic heterocycles. The summed E-state index contributed by atoms with van der Waals surface area (Å²) in [6, 6.07) is 7.99. The van der Waals surface area contributed by atoms with Crippen molar-refractivity contribution in [2.75, 3.05) is 25.1 Å². The van der Waals surface area contributed by atoms with E-state index in [1.54, 1.807) is 24.3 Å². The number of nitrogens with one attached hydrogen (secondary N) is 2. The number of ether oxygens (including phenoxy) is 1. The Morgan fingerprint density at radius 2 is 2.21 bits per heavy atom. The molecule has 7 nitrogen and oxygen atoms in total. The molecule has 0 aliphatic rings. The molecule has 0 saturated carbocycles. The van der Waals surface area contributed by atoms with Crippen LogP contribution in [0.5, 0.6) is 0 Å². The fourth-order valence-electron chi connectivity index (χ4n) is 1.24. The maximum atomic E-state index is 11.4. The normalized spacial score (nSPS) is 9.42. The van der Waals surface area contributed by atoms with Crippen molar-refractivity contribution in [2.24, 2.45) is 0 Å². The molecule has 0 aliphatic carbocycles. The number of hydrogen-bond acceptors (Lipinski definition) is 4. The Morgan fingerprint density at radius 1 is 1.42 bits per heavy atom. The zero-order chi connectivity index (χ0) is 14.1. The predicted octanol–water partition coefficient (Wildman–Crippen LogP) is 0.781. The van der Waals surface area contributed by atoms with E-state index in [4.69, 9.17) is 15.1 Å². The highest BCUT2D eigenvalue weighted by Gasteiger charge is 2.02. The molecule has 0 spiro atoms. The second-order valence-corrected chi connectivity index (χ2v) is 3.52. The van der Waals surface area contributed by atoms with Crippen LogP contribution in [-0.2, 0) is 9.53 Å². The van der Waals surface area contributed by atoms with Crippen molar-refractivity contribution in [1.29, 1.82) is 5.26 Å². The smallest absolute Gasteiger partial charge is 0.329 e. The minimum Gasteiger partial charge on any atom is -0.480 e. The standard InChI is InChI=1S/C12H13N3O4/c13-7-9-2-1-3-10(6-9)15-12(18)14-4-5-19-8-11(16)17/h1-3,6H,4-5,8H2,(H,16,17)(H2,14,15,18). The molecule has 7 heteroatoms. The number of urea groups is 1. The van der Waals surface area contributed by atoms with Crippen LogP contribution in [0.15, 0.2) is 24.3 Å². The molecule has 0 bridgehead atoms. The van der Waals surface area contributed by atoms with Gasteiger partial charge in [-0.2, -0.15) is 5.26 Å². The van der Waals surface area contributed by atoms with Gasteiger partial charge in [0.05, 0.1) is 18.2 Å². The Bertz CT molecular complexity index is 496. The van der Waals surface area contributed by atoms with E-state index in [1.807, 2.05) is 6.07 Å². The second-order valence-electron chi connectivity index (χ2n) is 3.52. The van der Waals surface area contributed by atoms with Gasteiger partial charge in [0.1, 0.15) is 6.61 Å². The summed E-state index contributed by atoms with van der Waals surface area (Å²) in [6.07, 6.45) is 0. The van der Waals surface area contributed by atoms with E-state index in [0.29, 0.717) is 11.3 Å². The number of carbonyl (C=O) groups excluding carboxylic acids is 1. The zero-order valence-electron chi connectivity index (χ0n) is 10.0. The Hall–Kier alpha value is -2.59. The van der Waals surface area contributed by atoms with Crippen LogP contribution in [-0.4, -0.2) is 36.9 Å². The summed E-state index contributed by atoms with van der Waals surface area (Å²) in [5.41, 5.74) is 0.950. The lowest BCUT2D eigenvalue weighted by molar-refractivity contribution is -0.142. The van der Waals surface area contributed by atoms with Crippen LogP contribution >= 0.6 is 0 Å². The van der Waals surface area contributed by atoms with Crippen molar-refractivity contribution in [3.05, 3.63) is 29.8 Å². The molecule has 1 rings (SSSR count). The lowest BCUT2D eigenvalue weighted by atomic mass is 10.2. The van der Waals surface area contributed by atoms with Crippen LogP contribution in [0.25, 0.3) is 0 Å². The molecule has 1 aromatic rings. The van der Waals surface area contributed by atoms with E-state index >= 15 is 0 Å². The fraction of sp³-hybridized carbons (Fsp3) is 0.250. The number of carboxylic acids is 1. The molecule has 0 radical (unpaired) electrons. The lowest BCUT2D eigenvalue weighted by Gasteiger charge is -2.07. The summed E-state index contributed by atoms with van der Waals surface area (Å²) in [5.74, 6) is -1.06. The third-order valence-corrected chi connectivity index (χ3v) is 2.01. The van der Waals surface area contributed by atoms with Crippen molar-refractivity contribution in [2.45, 2.75) is 0 Å². The number of carboxylic acid groups (broad SMARTS) is 1. The molecule has 0 aromatic heterocycles. The zero-order valence-corrected chi connectivity index (χ0v) is 10.0. The van der Waals surface area contributed by atoms with Gasteiger partial charge < -0.3 is 20.5 Å². The molecule has 3 N–H and O–H groups in total.